The number of nitrogens with zero attached hydrogens (tertiary/aromatic N) is 1. The van der Waals surface area contributed by atoms with E-state index in [2.05, 4.69) is 22.2 Å². The van der Waals surface area contributed by atoms with Gasteiger partial charge in [-0.15, -0.1) is 0 Å². The van der Waals surface area contributed by atoms with E-state index in [-0.39, 0.29) is 11.9 Å². The summed E-state index contributed by atoms with van der Waals surface area (Å²) < 4.78 is 0. The van der Waals surface area contributed by atoms with E-state index in [0.717, 1.165) is 23.2 Å². The van der Waals surface area contributed by atoms with Gasteiger partial charge in [-0.3, -0.25) is 4.79 Å². The number of aliphatic imine (C=N–C) groups is 1. The van der Waals surface area contributed by atoms with Crippen LogP contribution in [-0.4, -0.2) is 24.3 Å². The first-order valence-corrected chi connectivity index (χ1v) is 8.17. The van der Waals surface area contributed by atoms with Crippen molar-refractivity contribution in [1.29, 1.82) is 0 Å². The first-order valence-electron chi connectivity index (χ1n) is 8.17. The number of hydrogen-bond donors (Lipinski definition) is 3. The normalized spacial score (nSPS) is 13.0. The molecule has 1 amide bonds. The SMILES string of the molecule is C=C(C)C(=N/C=C\C)Nc1ccc(C(=O)NCC(C)N)c(CC)c1. The number of nitrogens with two attached hydrogens (primary N) is 1. The van der Waals surface area contributed by atoms with Crippen molar-refractivity contribution >= 4 is 17.4 Å². The summed E-state index contributed by atoms with van der Waals surface area (Å²) in [7, 11) is 0. The van der Waals surface area contributed by atoms with Crippen molar-refractivity contribution in [2.24, 2.45) is 10.7 Å². The van der Waals surface area contributed by atoms with Crippen LogP contribution in [0.3, 0.4) is 0 Å². The third-order valence-corrected chi connectivity index (χ3v) is 3.34. The predicted molar refractivity (Wildman–Crippen MR) is 102 cm³/mol. The quantitative estimate of drug-likeness (QED) is 0.531. The van der Waals surface area contributed by atoms with E-state index < -0.39 is 0 Å². The lowest BCUT2D eigenvalue weighted by atomic mass is 10.0. The average molecular weight is 328 g/mol. The smallest absolute Gasteiger partial charge is 0.251 e. The molecule has 1 rings (SSSR count). The third kappa shape index (κ3) is 6.01. The van der Waals surface area contributed by atoms with Crippen LogP contribution >= 0.6 is 0 Å². The molecular weight excluding hydrogens is 300 g/mol. The summed E-state index contributed by atoms with van der Waals surface area (Å²) in [6.07, 6.45) is 4.33. The molecule has 0 aromatic heterocycles. The Balaban J connectivity index is 3.01. The first kappa shape index (κ1) is 19.6. The van der Waals surface area contributed by atoms with Gasteiger partial charge in [0.25, 0.3) is 5.91 Å². The molecule has 0 saturated heterocycles. The molecule has 0 fully saturated rings. The van der Waals surface area contributed by atoms with Crippen molar-refractivity contribution in [3.05, 3.63) is 53.8 Å². The molecule has 5 nitrogen and oxygen atoms in total. The average Bonchev–Trinajstić information content (AvgIpc) is 2.55. The minimum Gasteiger partial charge on any atom is -0.350 e. The number of aryl methyl sites for hydroxylation is 1. The number of allylic oxidation sites excluding steroid dienone is 1. The number of nitrogens with one attached hydrogen (secondary N) is 2. The maximum atomic E-state index is 12.3. The molecule has 1 atom stereocenters. The summed E-state index contributed by atoms with van der Waals surface area (Å²) in [6, 6.07) is 5.59. The largest absolute Gasteiger partial charge is 0.350 e. The summed E-state index contributed by atoms with van der Waals surface area (Å²) in [6.45, 7) is 12.1. The highest BCUT2D eigenvalue weighted by molar-refractivity contribution is 6.07. The van der Waals surface area contributed by atoms with E-state index in [0.29, 0.717) is 17.9 Å². The Hall–Kier alpha value is -2.40. The van der Waals surface area contributed by atoms with Crippen LogP contribution in [0.5, 0.6) is 0 Å². The maximum Gasteiger partial charge on any atom is 0.251 e. The lowest BCUT2D eigenvalue weighted by molar-refractivity contribution is 0.0951. The summed E-state index contributed by atoms with van der Waals surface area (Å²) in [5.74, 6) is 0.600. The Morgan fingerprint density at radius 3 is 2.71 bits per heavy atom. The zero-order valence-corrected chi connectivity index (χ0v) is 15.0. The Bertz CT molecular complexity index is 645. The molecule has 5 heteroatoms. The van der Waals surface area contributed by atoms with E-state index in [4.69, 9.17) is 5.73 Å². The molecule has 0 bridgehead atoms. The Morgan fingerprint density at radius 2 is 2.17 bits per heavy atom. The second-order valence-corrected chi connectivity index (χ2v) is 5.78. The van der Waals surface area contributed by atoms with Gasteiger partial charge in [0.05, 0.1) is 0 Å². The monoisotopic (exact) mass is 328 g/mol. The number of carbonyl (C=O) groups is 1. The Morgan fingerprint density at radius 1 is 1.46 bits per heavy atom. The summed E-state index contributed by atoms with van der Waals surface area (Å²) in [4.78, 5) is 16.6. The van der Waals surface area contributed by atoms with E-state index in [1.165, 1.54) is 0 Å². The fourth-order valence-electron chi connectivity index (χ4n) is 2.07. The fourth-order valence-corrected chi connectivity index (χ4v) is 2.07. The number of rotatable bonds is 7. The van der Waals surface area contributed by atoms with Gasteiger partial charge in [0.2, 0.25) is 0 Å². The minimum atomic E-state index is -0.0987. The number of amidine groups is 1. The van der Waals surface area contributed by atoms with Gasteiger partial charge in [0.1, 0.15) is 5.84 Å². The van der Waals surface area contributed by atoms with Crippen LogP contribution in [-0.2, 0) is 6.42 Å². The van der Waals surface area contributed by atoms with E-state index in [9.17, 15) is 4.79 Å². The van der Waals surface area contributed by atoms with Gasteiger partial charge in [0.15, 0.2) is 0 Å². The van der Waals surface area contributed by atoms with Crippen LogP contribution < -0.4 is 16.4 Å². The van der Waals surface area contributed by atoms with Crippen LogP contribution in [0.1, 0.15) is 43.6 Å². The number of carbonyl (C=O) groups excluding carboxylic acids is 1. The molecule has 0 aliphatic carbocycles. The van der Waals surface area contributed by atoms with Gasteiger partial charge in [-0.25, -0.2) is 4.99 Å². The third-order valence-electron chi connectivity index (χ3n) is 3.34. The molecule has 4 N–H and O–H groups in total. The summed E-state index contributed by atoms with van der Waals surface area (Å²) in [5, 5.41) is 6.10. The van der Waals surface area contributed by atoms with Crippen LogP contribution in [0.25, 0.3) is 0 Å². The zero-order chi connectivity index (χ0) is 18.1. The van der Waals surface area contributed by atoms with Crippen molar-refractivity contribution in [2.75, 3.05) is 11.9 Å². The van der Waals surface area contributed by atoms with Gasteiger partial charge in [-0.2, -0.15) is 0 Å². The molecule has 1 unspecified atom stereocenters. The van der Waals surface area contributed by atoms with Gasteiger partial charge < -0.3 is 16.4 Å². The number of benzene rings is 1. The Labute approximate surface area is 144 Å². The topological polar surface area (TPSA) is 79.5 Å². The van der Waals surface area contributed by atoms with E-state index in [1.54, 1.807) is 6.20 Å². The van der Waals surface area contributed by atoms with Crippen LogP contribution in [0.15, 0.2) is 47.6 Å². The standard InChI is InChI=1S/C19H28N4O/c1-6-10-21-18(13(3)4)23-16-8-9-17(15(7-2)11-16)19(24)22-12-14(5)20/h6,8-11,14H,3,7,12,20H2,1-2,4-5H3,(H,21,23)(H,22,24)/b10-6-. The molecule has 0 saturated carbocycles. The van der Waals surface area contributed by atoms with Crippen molar-refractivity contribution in [3.8, 4) is 0 Å². The van der Waals surface area contributed by atoms with Crippen molar-refractivity contribution in [3.63, 3.8) is 0 Å². The van der Waals surface area contributed by atoms with Crippen LogP contribution in [0.2, 0.25) is 0 Å². The Kier molecular flexibility index (Phi) is 7.92. The highest BCUT2D eigenvalue weighted by Gasteiger charge is 2.12. The molecule has 0 spiro atoms. The predicted octanol–water partition coefficient (Wildman–Crippen LogP) is 3.25. The molecule has 0 aliphatic heterocycles. The molecule has 0 radical (unpaired) electrons. The van der Waals surface area contributed by atoms with Crippen molar-refractivity contribution < 1.29 is 4.79 Å². The molecule has 0 heterocycles. The highest BCUT2D eigenvalue weighted by Crippen LogP contribution is 2.18. The molecule has 24 heavy (non-hydrogen) atoms. The lowest BCUT2D eigenvalue weighted by Crippen LogP contribution is -2.35. The second-order valence-electron chi connectivity index (χ2n) is 5.78. The minimum absolute atomic E-state index is 0.0686. The van der Waals surface area contributed by atoms with Gasteiger partial charge in [-0.1, -0.05) is 19.6 Å². The van der Waals surface area contributed by atoms with E-state index in [1.807, 2.05) is 52.0 Å². The first-order chi connectivity index (χ1) is 11.4. The molecule has 130 valence electrons. The van der Waals surface area contributed by atoms with Gasteiger partial charge in [0, 0.05) is 30.0 Å². The fraction of sp³-hybridized carbons (Fsp3) is 0.368. The highest BCUT2D eigenvalue weighted by atomic mass is 16.1. The number of hydrogen-bond acceptors (Lipinski definition) is 3. The summed E-state index contributed by atoms with van der Waals surface area (Å²) >= 11 is 0. The zero-order valence-electron chi connectivity index (χ0n) is 15.0. The molecule has 1 aromatic rings. The van der Waals surface area contributed by atoms with Crippen molar-refractivity contribution in [2.45, 2.75) is 40.2 Å². The number of anilines is 1. The lowest BCUT2D eigenvalue weighted by Gasteiger charge is -2.14. The molecule has 1 aromatic carbocycles. The van der Waals surface area contributed by atoms with Gasteiger partial charge in [-0.05, 0) is 56.5 Å². The second kappa shape index (κ2) is 9.67. The van der Waals surface area contributed by atoms with Crippen LogP contribution in [0.4, 0.5) is 5.69 Å². The molecule has 0 aliphatic rings. The summed E-state index contributed by atoms with van der Waals surface area (Å²) in [5.41, 5.74) is 9.04. The van der Waals surface area contributed by atoms with Crippen LogP contribution in [0, 0.1) is 0 Å². The van der Waals surface area contributed by atoms with Crippen molar-refractivity contribution in [1.82, 2.24) is 5.32 Å². The molecular formula is C19H28N4O. The van der Waals surface area contributed by atoms with E-state index >= 15 is 0 Å². The van der Waals surface area contributed by atoms with Gasteiger partial charge >= 0.3 is 0 Å². The number of amides is 1. The maximum absolute atomic E-state index is 12.3.